The van der Waals surface area contributed by atoms with Gasteiger partial charge in [-0.15, -0.1) is 0 Å². The number of hydrogen-bond acceptors (Lipinski definition) is 5. The van der Waals surface area contributed by atoms with Gasteiger partial charge in [0.15, 0.2) is 0 Å². The molecule has 168 valence electrons. The molecule has 0 spiro atoms. The van der Waals surface area contributed by atoms with Crippen molar-refractivity contribution in [3.63, 3.8) is 0 Å². The maximum atomic E-state index is 13.4. The lowest BCUT2D eigenvalue weighted by Crippen LogP contribution is -1.98. The first-order chi connectivity index (χ1) is 16.0. The third-order valence-corrected chi connectivity index (χ3v) is 5.74. The molecule has 0 fully saturated rings. The largest absolute Gasteiger partial charge is 0.495 e. The SMILES string of the molecule is COc1cc2c(Oc3ccc(F)cc3Br)ncnc2cc1C#CCCCCn1ccnc1C. The Bertz CT molecular complexity index is 1340. The lowest BCUT2D eigenvalue weighted by Gasteiger charge is -2.11. The normalized spacial score (nSPS) is 10.7. The molecule has 4 aromatic rings. The zero-order chi connectivity index (χ0) is 23.2. The summed E-state index contributed by atoms with van der Waals surface area (Å²) < 4.78 is 27.5. The Balaban J connectivity index is 1.50. The van der Waals surface area contributed by atoms with Crippen molar-refractivity contribution in [2.75, 3.05) is 7.11 Å². The van der Waals surface area contributed by atoms with Gasteiger partial charge in [-0.2, -0.15) is 0 Å². The maximum Gasteiger partial charge on any atom is 0.230 e. The molecule has 0 aliphatic carbocycles. The number of methoxy groups -OCH3 is 1. The van der Waals surface area contributed by atoms with E-state index < -0.39 is 0 Å². The van der Waals surface area contributed by atoms with Gasteiger partial charge in [-0.1, -0.05) is 11.8 Å². The summed E-state index contributed by atoms with van der Waals surface area (Å²) in [6.45, 7) is 2.95. The van der Waals surface area contributed by atoms with E-state index >= 15 is 0 Å². The number of rotatable bonds is 7. The van der Waals surface area contributed by atoms with Crippen LogP contribution in [0.1, 0.15) is 30.7 Å². The van der Waals surface area contributed by atoms with Crippen molar-refractivity contribution in [1.82, 2.24) is 19.5 Å². The molecule has 6 nitrogen and oxygen atoms in total. The first kappa shape index (κ1) is 22.7. The summed E-state index contributed by atoms with van der Waals surface area (Å²) in [4.78, 5) is 12.8. The van der Waals surface area contributed by atoms with Gasteiger partial charge in [-0.05, 0) is 66.0 Å². The highest BCUT2D eigenvalue weighted by atomic mass is 79.9. The van der Waals surface area contributed by atoms with E-state index in [9.17, 15) is 4.39 Å². The molecule has 33 heavy (non-hydrogen) atoms. The number of nitrogens with zero attached hydrogens (tertiary/aromatic N) is 4. The van der Waals surface area contributed by atoms with Crippen LogP contribution in [0.5, 0.6) is 17.4 Å². The monoisotopic (exact) mass is 508 g/mol. The molecular weight excluding hydrogens is 487 g/mol. The summed E-state index contributed by atoms with van der Waals surface area (Å²) in [5.41, 5.74) is 1.43. The van der Waals surface area contributed by atoms with Crippen molar-refractivity contribution in [2.24, 2.45) is 0 Å². The molecular formula is C25H22BrFN4O2. The zero-order valence-corrected chi connectivity index (χ0v) is 19.9. The fraction of sp³-hybridized carbons (Fsp3) is 0.240. The van der Waals surface area contributed by atoms with Crippen molar-refractivity contribution in [3.8, 4) is 29.2 Å². The molecule has 0 atom stereocenters. The summed E-state index contributed by atoms with van der Waals surface area (Å²) in [7, 11) is 1.60. The Labute approximate surface area is 199 Å². The predicted molar refractivity (Wildman–Crippen MR) is 128 cm³/mol. The summed E-state index contributed by atoms with van der Waals surface area (Å²) in [5.74, 6) is 8.51. The number of ether oxygens (including phenoxy) is 2. The van der Waals surface area contributed by atoms with Crippen LogP contribution in [0.25, 0.3) is 10.9 Å². The molecule has 0 saturated carbocycles. The lowest BCUT2D eigenvalue weighted by atomic mass is 10.1. The van der Waals surface area contributed by atoms with Crippen molar-refractivity contribution in [3.05, 3.63) is 70.7 Å². The van der Waals surface area contributed by atoms with Crippen LogP contribution in [0.2, 0.25) is 0 Å². The first-order valence-electron chi connectivity index (χ1n) is 10.5. The van der Waals surface area contributed by atoms with Crippen LogP contribution in [0.15, 0.2) is 53.5 Å². The van der Waals surface area contributed by atoms with Gasteiger partial charge in [0, 0.05) is 25.4 Å². The standard InChI is InChI=1S/C25H22BrFN4O2/c1-17-28-10-12-31(17)11-6-4-3-5-7-18-13-22-20(15-24(18)32-2)25(30-16-29-22)33-23-9-8-19(27)14-21(23)26/h8-10,12-16H,3-4,6,11H2,1-2H3. The number of aryl methyl sites for hydroxylation is 2. The Morgan fingerprint density at radius 1 is 1.09 bits per heavy atom. The minimum atomic E-state index is -0.358. The van der Waals surface area contributed by atoms with Crippen molar-refractivity contribution < 1.29 is 13.9 Å². The van der Waals surface area contributed by atoms with Crippen molar-refractivity contribution in [1.29, 1.82) is 0 Å². The molecule has 2 aromatic carbocycles. The van der Waals surface area contributed by atoms with E-state index in [1.807, 2.05) is 31.5 Å². The fourth-order valence-corrected chi connectivity index (χ4v) is 3.79. The van der Waals surface area contributed by atoms with Gasteiger partial charge < -0.3 is 14.0 Å². The molecule has 8 heteroatoms. The molecule has 2 heterocycles. The number of imidazole rings is 1. The van der Waals surface area contributed by atoms with Gasteiger partial charge >= 0.3 is 0 Å². The minimum Gasteiger partial charge on any atom is -0.495 e. The number of unbranched alkanes of at least 4 members (excludes halogenated alkanes) is 2. The van der Waals surface area contributed by atoms with E-state index in [1.54, 1.807) is 13.2 Å². The minimum absolute atomic E-state index is 0.347. The van der Waals surface area contributed by atoms with E-state index in [0.717, 1.165) is 37.2 Å². The van der Waals surface area contributed by atoms with Crippen LogP contribution in [0.3, 0.4) is 0 Å². The Hall–Kier alpha value is -3.44. The second-order valence-electron chi connectivity index (χ2n) is 7.35. The predicted octanol–water partition coefficient (Wildman–Crippen LogP) is 6.06. The molecule has 0 saturated heterocycles. The van der Waals surface area contributed by atoms with Gasteiger partial charge in [0.25, 0.3) is 0 Å². The van der Waals surface area contributed by atoms with Gasteiger partial charge in [-0.25, -0.2) is 19.3 Å². The van der Waals surface area contributed by atoms with E-state index in [1.165, 1.54) is 18.5 Å². The van der Waals surface area contributed by atoms with Gasteiger partial charge in [-0.3, -0.25) is 0 Å². The van der Waals surface area contributed by atoms with Gasteiger partial charge in [0.05, 0.1) is 28.0 Å². The average molecular weight is 509 g/mol. The molecule has 0 aliphatic heterocycles. The van der Waals surface area contributed by atoms with Crippen molar-refractivity contribution in [2.45, 2.75) is 32.7 Å². The average Bonchev–Trinajstić information content (AvgIpc) is 3.22. The number of aromatic nitrogens is 4. The molecule has 0 unspecified atom stereocenters. The lowest BCUT2D eigenvalue weighted by molar-refractivity contribution is 0.413. The highest BCUT2D eigenvalue weighted by molar-refractivity contribution is 9.10. The summed E-state index contributed by atoms with van der Waals surface area (Å²) in [6.07, 6.45) is 8.05. The molecule has 2 aromatic heterocycles. The second kappa shape index (κ2) is 10.5. The number of halogens is 2. The van der Waals surface area contributed by atoms with Crippen molar-refractivity contribution >= 4 is 26.8 Å². The highest BCUT2D eigenvalue weighted by Crippen LogP contribution is 2.34. The zero-order valence-electron chi connectivity index (χ0n) is 18.3. The van der Waals surface area contributed by atoms with E-state index in [2.05, 4.69) is 47.3 Å². The molecule has 0 bridgehead atoms. The smallest absolute Gasteiger partial charge is 0.230 e. The number of fused-ring (bicyclic) bond motifs is 1. The summed E-state index contributed by atoms with van der Waals surface area (Å²) >= 11 is 3.31. The third-order valence-electron chi connectivity index (χ3n) is 5.12. The molecule has 0 radical (unpaired) electrons. The van der Waals surface area contributed by atoms with E-state index in [0.29, 0.717) is 32.8 Å². The van der Waals surface area contributed by atoms with E-state index in [4.69, 9.17) is 9.47 Å². The Kier molecular flexibility index (Phi) is 7.20. The summed E-state index contributed by atoms with van der Waals surface area (Å²) in [6, 6.07) is 7.88. The van der Waals surface area contributed by atoms with Crippen LogP contribution in [0.4, 0.5) is 4.39 Å². The quantitative estimate of drug-likeness (QED) is 0.224. The van der Waals surface area contributed by atoms with Crippen LogP contribution in [-0.2, 0) is 6.54 Å². The van der Waals surface area contributed by atoms with Crippen LogP contribution in [0, 0.1) is 24.6 Å². The highest BCUT2D eigenvalue weighted by Gasteiger charge is 2.13. The molecule has 0 amide bonds. The molecule has 0 N–H and O–H groups in total. The maximum absolute atomic E-state index is 13.4. The van der Waals surface area contributed by atoms with Gasteiger partial charge in [0.2, 0.25) is 5.88 Å². The number of benzene rings is 2. The molecule has 4 rings (SSSR count). The topological polar surface area (TPSA) is 62.1 Å². The van der Waals surface area contributed by atoms with Gasteiger partial charge in [0.1, 0.15) is 29.5 Å². The van der Waals surface area contributed by atoms with Crippen LogP contribution >= 0.6 is 15.9 Å². The van der Waals surface area contributed by atoms with Crippen LogP contribution < -0.4 is 9.47 Å². The van der Waals surface area contributed by atoms with Crippen LogP contribution in [-0.4, -0.2) is 26.6 Å². The Morgan fingerprint density at radius 3 is 2.73 bits per heavy atom. The third kappa shape index (κ3) is 5.49. The first-order valence-corrected chi connectivity index (χ1v) is 11.3. The summed E-state index contributed by atoms with van der Waals surface area (Å²) in [5, 5.41) is 0.673. The Morgan fingerprint density at radius 2 is 1.97 bits per heavy atom. The number of hydrogen-bond donors (Lipinski definition) is 0. The van der Waals surface area contributed by atoms with E-state index in [-0.39, 0.29) is 5.82 Å². The molecule has 0 aliphatic rings. The fourth-order valence-electron chi connectivity index (χ4n) is 3.36. The second-order valence-corrected chi connectivity index (χ2v) is 8.21.